The summed E-state index contributed by atoms with van der Waals surface area (Å²) < 4.78 is 27.0. The number of rotatable bonds is 4. The minimum Gasteiger partial charge on any atom is -0.508 e. The normalized spacial score (nSPS) is 13.4. The molecular weight excluding hydrogens is 394 g/mol. The largest absolute Gasteiger partial charge is 0.508 e. The van der Waals surface area contributed by atoms with Gasteiger partial charge < -0.3 is 15.5 Å². The van der Waals surface area contributed by atoms with Crippen LogP contribution >= 0.6 is 0 Å². The Labute approximate surface area is 169 Å². The molecule has 0 spiro atoms. The third-order valence-corrected chi connectivity index (χ3v) is 7.16. The SMILES string of the molecule is Cc1cc(NC(=O)C(=O)O)c2c(c1S(=O)(=O)c1ccc(O)c(C(C)C)c1)CCC2. The van der Waals surface area contributed by atoms with Gasteiger partial charge in [-0.1, -0.05) is 13.8 Å². The molecule has 8 heteroatoms. The topological polar surface area (TPSA) is 121 Å². The van der Waals surface area contributed by atoms with Gasteiger partial charge in [-0.3, -0.25) is 4.79 Å². The summed E-state index contributed by atoms with van der Waals surface area (Å²) in [5.41, 5.74) is 2.60. The minimum atomic E-state index is -3.87. The van der Waals surface area contributed by atoms with Crippen molar-refractivity contribution in [3.63, 3.8) is 0 Å². The minimum absolute atomic E-state index is 0.0487. The van der Waals surface area contributed by atoms with Crippen LogP contribution in [0.4, 0.5) is 5.69 Å². The fourth-order valence-corrected chi connectivity index (χ4v) is 5.64. The van der Waals surface area contributed by atoms with E-state index in [1.54, 1.807) is 6.92 Å². The third-order valence-electron chi connectivity index (χ3n) is 5.18. The fourth-order valence-electron chi connectivity index (χ4n) is 3.84. The van der Waals surface area contributed by atoms with Gasteiger partial charge in [0.2, 0.25) is 9.84 Å². The van der Waals surface area contributed by atoms with Crippen molar-refractivity contribution in [3.8, 4) is 5.75 Å². The summed E-state index contributed by atoms with van der Waals surface area (Å²) in [5, 5.41) is 21.3. The average Bonchev–Trinajstić information content (AvgIpc) is 3.10. The highest BCUT2D eigenvalue weighted by Gasteiger charge is 2.31. The smallest absolute Gasteiger partial charge is 0.394 e. The predicted molar refractivity (Wildman–Crippen MR) is 107 cm³/mol. The molecule has 0 atom stereocenters. The second-order valence-electron chi connectivity index (χ2n) is 7.52. The molecule has 2 aromatic carbocycles. The number of benzene rings is 2. The molecule has 0 saturated carbocycles. The Balaban J connectivity index is 2.17. The molecule has 1 amide bonds. The van der Waals surface area contributed by atoms with E-state index in [9.17, 15) is 23.1 Å². The number of phenols is 1. The molecule has 3 rings (SSSR count). The average molecular weight is 417 g/mol. The van der Waals surface area contributed by atoms with Gasteiger partial charge in [0.05, 0.1) is 9.79 Å². The number of hydrogen-bond donors (Lipinski definition) is 3. The number of carbonyl (C=O) groups excluding carboxylic acids is 1. The highest BCUT2D eigenvalue weighted by molar-refractivity contribution is 7.91. The van der Waals surface area contributed by atoms with Gasteiger partial charge in [0.25, 0.3) is 0 Å². The molecule has 1 aliphatic rings. The summed E-state index contributed by atoms with van der Waals surface area (Å²) in [4.78, 5) is 22.8. The zero-order chi connectivity index (χ0) is 21.5. The number of phenolic OH excluding ortho intramolecular Hbond substituents is 1. The van der Waals surface area contributed by atoms with Gasteiger partial charge in [-0.25, -0.2) is 13.2 Å². The summed E-state index contributed by atoms with van der Waals surface area (Å²) in [6.07, 6.45) is 1.79. The van der Waals surface area contributed by atoms with E-state index in [1.807, 2.05) is 13.8 Å². The number of hydrogen-bond acceptors (Lipinski definition) is 5. The lowest BCUT2D eigenvalue weighted by Crippen LogP contribution is -2.23. The maximum atomic E-state index is 13.5. The number of carbonyl (C=O) groups is 2. The summed E-state index contributed by atoms with van der Waals surface area (Å²) in [6.45, 7) is 5.37. The van der Waals surface area contributed by atoms with Gasteiger partial charge >= 0.3 is 11.9 Å². The Hall–Kier alpha value is -2.87. The maximum Gasteiger partial charge on any atom is 0.394 e. The van der Waals surface area contributed by atoms with Gasteiger partial charge in [0.1, 0.15) is 5.75 Å². The molecule has 0 bridgehead atoms. The highest BCUT2D eigenvalue weighted by Crippen LogP contribution is 2.39. The van der Waals surface area contributed by atoms with Crippen LogP contribution in [-0.4, -0.2) is 30.5 Å². The zero-order valence-electron chi connectivity index (χ0n) is 16.4. The first-order valence-corrected chi connectivity index (χ1v) is 10.8. The highest BCUT2D eigenvalue weighted by atomic mass is 32.2. The number of amides is 1. The van der Waals surface area contributed by atoms with Crippen LogP contribution in [0.25, 0.3) is 0 Å². The Kier molecular flexibility index (Phi) is 5.40. The lowest BCUT2D eigenvalue weighted by molar-refractivity contribution is -0.147. The van der Waals surface area contributed by atoms with E-state index < -0.39 is 21.7 Å². The van der Waals surface area contributed by atoms with E-state index in [-0.39, 0.29) is 21.5 Å². The van der Waals surface area contributed by atoms with Crippen LogP contribution in [0.1, 0.15) is 48.4 Å². The zero-order valence-corrected chi connectivity index (χ0v) is 17.3. The molecule has 154 valence electrons. The second-order valence-corrected chi connectivity index (χ2v) is 9.41. The van der Waals surface area contributed by atoms with Crippen LogP contribution in [0, 0.1) is 6.92 Å². The van der Waals surface area contributed by atoms with Gasteiger partial charge in [-0.2, -0.15) is 0 Å². The summed E-state index contributed by atoms with van der Waals surface area (Å²) in [5.74, 6) is -2.76. The summed E-state index contributed by atoms with van der Waals surface area (Å²) >= 11 is 0. The number of carboxylic acids is 1. The third kappa shape index (κ3) is 3.72. The van der Waals surface area contributed by atoms with Crippen LogP contribution < -0.4 is 5.32 Å². The number of carboxylic acid groups (broad SMARTS) is 1. The van der Waals surface area contributed by atoms with E-state index in [1.165, 1.54) is 24.3 Å². The van der Waals surface area contributed by atoms with Crippen molar-refractivity contribution in [2.75, 3.05) is 5.32 Å². The van der Waals surface area contributed by atoms with Gasteiger partial charge in [0, 0.05) is 5.69 Å². The monoisotopic (exact) mass is 417 g/mol. The van der Waals surface area contributed by atoms with Crippen molar-refractivity contribution in [2.24, 2.45) is 0 Å². The van der Waals surface area contributed by atoms with Gasteiger partial charge in [-0.15, -0.1) is 0 Å². The first-order chi connectivity index (χ1) is 13.5. The van der Waals surface area contributed by atoms with E-state index in [0.29, 0.717) is 47.2 Å². The molecule has 0 radical (unpaired) electrons. The van der Waals surface area contributed by atoms with Crippen molar-refractivity contribution in [2.45, 2.75) is 55.7 Å². The molecule has 0 saturated heterocycles. The van der Waals surface area contributed by atoms with Crippen molar-refractivity contribution in [1.29, 1.82) is 0 Å². The number of aryl methyl sites for hydroxylation is 1. The summed E-state index contributed by atoms with van der Waals surface area (Å²) in [6, 6.07) is 5.79. The number of aliphatic carboxylic acids is 1. The molecule has 2 aromatic rings. The van der Waals surface area contributed by atoms with Crippen molar-refractivity contribution >= 4 is 27.4 Å². The number of nitrogens with one attached hydrogen (secondary N) is 1. The molecule has 0 fully saturated rings. The Bertz CT molecular complexity index is 1120. The van der Waals surface area contributed by atoms with Crippen molar-refractivity contribution in [1.82, 2.24) is 0 Å². The molecule has 0 heterocycles. The van der Waals surface area contributed by atoms with E-state index >= 15 is 0 Å². The first kappa shape index (κ1) is 20.9. The van der Waals surface area contributed by atoms with E-state index in [4.69, 9.17) is 5.11 Å². The number of aromatic hydroxyl groups is 1. The lowest BCUT2D eigenvalue weighted by Gasteiger charge is -2.18. The van der Waals surface area contributed by atoms with Crippen LogP contribution in [0.3, 0.4) is 0 Å². The van der Waals surface area contributed by atoms with Crippen LogP contribution in [0.2, 0.25) is 0 Å². The van der Waals surface area contributed by atoms with Gasteiger partial charge in [-0.05, 0) is 78.6 Å². The molecule has 1 aliphatic carbocycles. The lowest BCUT2D eigenvalue weighted by atomic mass is 10.0. The quantitative estimate of drug-likeness (QED) is 0.657. The molecule has 0 aromatic heterocycles. The number of fused-ring (bicyclic) bond motifs is 1. The van der Waals surface area contributed by atoms with E-state index in [0.717, 1.165) is 0 Å². The van der Waals surface area contributed by atoms with Crippen LogP contribution in [0.5, 0.6) is 5.75 Å². The number of sulfone groups is 1. The van der Waals surface area contributed by atoms with E-state index in [2.05, 4.69) is 5.32 Å². The van der Waals surface area contributed by atoms with Crippen LogP contribution in [-0.2, 0) is 32.3 Å². The first-order valence-electron chi connectivity index (χ1n) is 9.31. The van der Waals surface area contributed by atoms with Crippen LogP contribution in [0.15, 0.2) is 34.1 Å². The molecule has 0 unspecified atom stereocenters. The second kappa shape index (κ2) is 7.51. The van der Waals surface area contributed by atoms with Gasteiger partial charge in [0.15, 0.2) is 0 Å². The molecule has 3 N–H and O–H groups in total. The predicted octanol–water partition coefficient (Wildman–Crippen LogP) is 3.17. The van der Waals surface area contributed by atoms with Crippen molar-refractivity contribution < 1.29 is 28.2 Å². The molecule has 7 nitrogen and oxygen atoms in total. The Morgan fingerprint density at radius 2 is 1.76 bits per heavy atom. The Morgan fingerprint density at radius 3 is 2.38 bits per heavy atom. The Morgan fingerprint density at radius 1 is 1.10 bits per heavy atom. The molecular formula is C21H23NO6S. The standard InChI is InChI=1S/C21H23NO6S/c1-11(2)16-10-13(7-8-18(16)23)29(27,28)19-12(3)9-17(22-20(24)21(25)26)14-5-4-6-15(14)19/h7-11,23H,4-6H2,1-3H3,(H,22,24)(H,25,26). The van der Waals surface area contributed by atoms with Crippen molar-refractivity contribution in [3.05, 3.63) is 46.5 Å². The summed E-state index contributed by atoms with van der Waals surface area (Å²) in [7, 11) is -3.87. The molecule has 29 heavy (non-hydrogen) atoms. The number of anilines is 1. The fraction of sp³-hybridized carbons (Fsp3) is 0.333. The maximum absolute atomic E-state index is 13.5. The molecule has 0 aliphatic heterocycles.